The van der Waals surface area contributed by atoms with E-state index in [9.17, 15) is 4.79 Å². The Hall–Kier alpha value is -2.14. The van der Waals surface area contributed by atoms with Crippen molar-refractivity contribution in [2.24, 2.45) is 5.92 Å². The van der Waals surface area contributed by atoms with Gasteiger partial charge in [-0.1, -0.05) is 12.5 Å². The highest BCUT2D eigenvalue weighted by Gasteiger charge is 2.32. The first kappa shape index (κ1) is 15.4. The van der Waals surface area contributed by atoms with Crippen LogP contribution in [0.3, 0.4) is 0 Å². The van der Waals surface area contributed by atoms with Gasteiger partial charge in [0.2, 0.25) is 5.91 Å². The fourth-order valence-corrected chi connectivity index (χ4v) is 3.43. The molecule has 0 aromatic carbocycles. The summed E-state index contributed by atoms with van der Waals surface area (Å²) in [6, 6.07) is 9.98. The van der Waals surface area contributed by atoms with Crippen LogP contribution in [0, 0.1) is 5.92 Å². The third-order valence-electron chi connectivity index (χ3n) is 5.06. The Bertz CT molecular complexity index is 694. The van der Waals surface area contributed by atoms with Gasteiger partial charge in [-0.2, -0.15) is 0 Å². The molecule has 1 aliphatic carbocycles. The molecule has 0 radical (unpaired) electrons. The number of aromatic nitrogens is 2. The molecule has 2 aromatic heterocycles. The van der Waals surface area contributed by atoms with Gasteiger partial charge >= 0.3 is 0 Å². The summed E-state index contributed by atoms with van der Waals surface area (Å²) in [6.07, 6.45) is 7.10. The minimum Gasteiger partial charge on any atom is -0.368 e. The number of rotatable bonds is 4. The highest BCUT2D eigenvalue weighted by atomic mass is 16.5. The van der Waals surface area contributed by atoms with Crippen molar-refractivity contribution in [1.82, 2.24) is 14.5 Å². The molecule has 1 amide bonds. The zero-order valence-corrected chi connectivity index (χ0v) is 13.8. The quantitative estimate of drug-likeness (QED) is 0.868. The van der Waals surface area contributed by atoms with Gasteiger partial charge in [0.25, 0.3) is 0 Å². The van der Waals surface area contributed by atoms with Crippen LogP contribution in [-0.4, -0.2) is 33.0 Å². The molecule has 1 atom stereocenters. The third-order valence-corrected chi connectivity index (χ3v) is 5.06. The van der Waals surface area contributed by atoms with Crippen LogP contribution >= 0.6 is 0 Å². The van der Waals surface area contributed by atoms with E-state index in [0.29, 0.717) is 25.6 Å². The van der Waals surface area contributed by atoms with Crippen LogP contribution < -0.4 is 0 Å². The van der Waals surface area contributed by atoms with E-state index in [0.717, 1.165) is 25.1 Å². The van der Waals surface area contributed by atoms with Gasteiger partial charge in [-0.3, -0.25) is 9.78 Å². The van der Waals surface area contributed by atoms with Gasteiger partial charge < -0.3 is 14.2 Å². The van der Waals surface area contributed by atoms with Crippen molar-refractivity contribution in [3.05, 3.63) is 54.1 Å². The Balaban J connectivity index is 1.47. The number of carbonyl (C=O) groups excluding carboxylic acids is 1. The van der Waals surface area contributed by atoms with Crippen LogP contribution in [0.1, 0.15) is 30.7 Å². The maximum Gasteiger partial charge on any atom is 0.226 e. The molecule has 1 unspecified atom stereocenters. The number of hydrogen-bond donors (Lipinski definition) is 0. The molecule has 24 heavy (non-hydrogen) atoms. The van der Waals surface area contributed by atoms with Gasteiger partial charge in [0, 0.05) is 30.6 Å². The lowest BCUT2D eigenvalue weighted by atomic mass is 9.84. The zero-order chi connectivity index (χ0) is 16.4. The molecular weight excluding hydrogens is 302 g/mol. The second kappa shape index (κ2) is 6.77. The van der Waals surface area contributed by atoms with Crippen LogP contribution in [0.5, 0.6) is 0 Å². The van der Waals surface area contributed by atoms with Crippen LogP contribution in [0.2, 0.25) is 0 Å². The summed E-state index contributed by atoms with van der Waals surface area (Å²) in [5.41, 5.74) is 2.11. The largest absolute Gasteiger partial charge is 0.368 e. The summed E-state index contributed by atoms with van der Waals surface area (Å²) in [4.78, 5) is 19.0. The molecule has 0 N–H and O–H groups in total. The highest BCUT2D eigenvalue weighted by Crippen LogP contribution is 2.29. The monoisotopic (exact) mass is 325 g/mol. The average molecular weight is 325 g/mol. The fourth-order valence-electron chi connectivity index (χ4n) is 3.43. The van der Waals surface area contributed by atoms with Gasteiger partial charge in [0.1, 0.15) is 0 Å². The standard InChI is InChI=1S/C19H23N3O2/c23-19(15-5-3-6-15)22-11-17-8-4-10-21(17)12-18(13-22)24-14-16-7-1-2-9-20-16/h1-2,4,7-10,15,18H,3,5-6,11-14H2. The summed E-state index contributed by atoms with van der Waals surface area (Å²) in [5, 5.41) is 0. The smallest absolute Gasteiger partial charge is 0.226 e. The number of fused-ring (bicyclic) bond motifs is 1. The lowest BCUT2D eigenvalue weighted by Gasteiger charge is -2.32. The van der Waals surface area contributed by atoms with Gasteiger partial charge in [-0.05, 0) is 37.1 Å². The van der Waals surface area contributed by atoms with Crippen molar-refractivity contribution >= 4 is 5.91 Å². The molecule has 0 spiro atoms. The van der Waals surface area contributed by atoms with E-state index in [1.54, 1.807) is 6.20 Å². The Kier molecular flexibility index (Phi) is 4.34. The third kappa shape index (κ3) is 3.22. The van der Waals surface area contributed by atoms with Gasteiger partial charge in [-0.15, -0.1) is 0 Å². The molecule has 3 heterocycles. The molecule has 4 rings (SSSR count). The Morgan fingerprint density at radius 1 is 1.21 bits per heavy atom. The lowest BCUT2D eigenvalue weighted by Crippen LogP contribution is -2.42. The summed E-state index contributed by atoms with van der Waals surface area (Å²) in [5.74, 6) is 0.519. The SMILES string of the molecule is O=C(C1CCC1)N1Cc2cccn2CC(OCc2ccccn2)C1. The number of pyridine rings is 1. The van der Waals surface area contributed by atoms with Crippen molar-refractivity contribution < 1.29 is 9.53 Å². The van der Waals surface area contributed by atoms with Crippen LogP contribution in [-0.2, 0) is 29.2 Å². The van der Waals surface area contributed by atoms with E-state index in [-0.39, 0.29) is 12.0 Å². The highest BCUT2D eigenvalue weighted by molar-refractivity contribution is 5.79. The average Bonchev–Trinajstić information content (AvgIpc) is 2.90. The topological polar surface area (TPSA) is 47.4 Å². The maximum atomic E-state index is 12.7. The van der Waals surface area contributed by atoms with Gasteiger partial charge in [0.05, 0.1) is 31.5 Å². The summed E-state index contributed by atoms with van der Waals surface area (Å²) in [7, 11) is 0. The van der Waals surface area contributed by atoms with Crippen molar-refractivity contribution in [2.45, 2.75) is 45.1 Å². The number of ether oxygens (including phenoxy) is 1. The first-order valence-corrected chi connectivity index (χ1v) is 8.74. The first-order valence-electron chi connectivity index (χ1n) is 8.74. The van der Waals surface area contributed by atoms with Crippen molar-refractivity contribution in [2.75, 3.05) is 6.54 Å². The molecule has 0 bridgehead atoms. The molecule has 0 saturated heterocycles. The Labute approximate surface area is 142 Å². The van der Waals surface area contributed by atoms with E-state index in [1.807, 2.05) is 29.2 Å². The van der Waals surface area contributed by atoms with Crippen molar-refractivity contribution in [3.8, 4) is 0 Å². The molecule has 5 nitrogen and oxygen atoms in total. The van der Waals surface area contributed by atoms with E-state index in [2.05, 4.69) is 21.8 Å². The number of hydrogen-bond acceptors (Lipinski definition) is 3. The normalized spacial score (nSPS) is 21.0. The summed E-state index contributed by atoms with van der Waals surface area (Å²) >= 11 is 0. The van der Waals surface area contributed by atoms with Crippen molar-refractivity contribution in [1.29, 1.82) is 0 Å². The molecule has 5 heteroatoms. The minimum atomic E-state index is -0.00955. The van der Waals surface area contributed by atoms with Gasteiger partial charge in [-0.25, -0.2) is 0 Å². The molecular formula is C19H23N3O2. The van der Waals surface area contributed by atoms with E-state index in [1.165, 1.54) is 12.1 Å². The summed E-state index contributed by atoms with van der Waals surface area (Å²) in [6.45, 7) is 2.60. The molecule has 1 aliphatic heterocycles. The van der Waals surface area contributed by atoms with Crippen LogP contribution in [0.25, 0.3) is 0 Å². The molecule has 2 aliphatic rings. The predicted octanol–water partition coefficient (Wildman–Crippen LogP) is 2.61. The number of nitrogens with zero attached hydrogens (tertiary/aromatic N) is 3. The summed E-state index contributed by atoms with van der Waals surface area (Å²) < 4.78 is 8.32. The van der Waals surface area contributed by atoms with Gasteiger partial charge in [0.15, 0.2) is 0 Å². The second-order valence-electron chi connectivity index (χ2n) is 6.75. The zero-order valence-electron chi connectivity index (χ0n) is 13.8. The molecule has 1 fully saturated rings. The van der Waals surface area contributed by atoms with E-state index in [4.69, 9.17) is 4.74 Å². The van der Waals surface area contributed by atoms with E-state index >= 15 is 0 Å². The molecule has 126 valence electrons. The number of carbonyl (C=O) groups is 1. The van der Waals surface area contributed by atoms with Crippen LogP contribution in [0.15, 0.2) is 42.7 Å². The fraction of sp³-hybridized carbons (Fsp3) is 0.474. The Morgan fingerprint density at radius 2 is 2.12 bits per heavy atom. The lowest BCUT2D eigenvalue weighted by molar-refractivity contribution is -0.140. The molecule has 1 saturated carbocycles. The van der Waals surface area contributed by atoms with Crippen molar-refractivity contribution in [3.63, 3.8) is 0 Å². The molecule has 2 aromatic rings. The second-order valence-corrected chi connectivity index (χ2v) is 6.75. The first-order chi connectivity index (χ1) is 11.8. The van der Waals surface area contributed by atoms with E-state index < -0.39 is 0 Å². The minimum absolute atomic E-state index is 0.00955. The predicted molar refractivity (Wildman–Crippen MR) is 90.0 cm³/mol. The van der Waals surface area contributed by atoms with Crippen LogP contribution in [0.4, 0.5) is 0 Å². The number of amides is 1. The maximum absolute atomic E-state index is 12.7. The Morgan fingerprint density at radius 3 is 2.88 bits per heavy atom.